The van der Waals surface area contributed by atoms with Crippen LogP contribution in [0.5, 0.6) is 0 Å². The molecular weight excluding hydrogens is 281 g/mol. The molecule has 8 heteroatoms. The first-order valence-electron chi connectivity index (χ1n) is 5.96. The van der Waals surface area contributed by atoms with Crippen LogP contribution < -0.4 is 0 Å². The lowest BCUT2D eigenvalue weighted by Gasteiger charge is -2.22. The zero-order valence-corrected chi connectivity index (χ0v) is 11.4. The highest BCUT2D eigenvalue weighted by atomic mass is 35.5. The Kier molecular flexibility index (Phi) is 3.98. The molecule has 108 valence electrons. The van der Waals surface area contributed by atoms with Gasteiger partial charge in [0.1, 0.15) is 0 Å². The predicted octanol–water partition coefficient (Wildman–Crippen LogP) is 1.36. The largest absolute Gasteiger partial charge is 0.461 e. The van der Waals surface area contributed by atoms with E-state index < -0.39 is 23.0 Å². The van der Waals surface area contributed by atoms with E-state index in [1.54, 1.807) is 6.92 Å². The molecule has 1 heterocycles. The number of esters is 1. The molecule has 2 aliphatic rings. The molecular formula is C11H15ClFNO5. The van der Waals surface area contributed by atoms with E-state index in [9.17, 15) is 9.18 Å². The highest BCUT2D eigenvalue weighted by Gasteiger charge is 2.58. The number of hydrogen-bond donors (Lipinski definition) is 0. The van der Waals surface area contributed by atoms with Gasteiger partial charge in [-0.3, -0.25) is 0 Å². The maximum atomic E-state index is 13.1. The van der Waals surface area contributed by atoms with E-state index in [1.807, 2.05) is 0 Å². The van der Waals surface area contributed by atoms with Crippen LogP contribution in [0.1, 0.15) is 20.3 Å². The van der Waals surface area contributed by atoms with Gasteiger partial charge in [0.2, 0.25) is 16.6 Å². The summed E-state index contributed by atoms with van der Waals surface area (Å²) < 4.78 is 28.6. The lowest BCUT2D eigenvalue weighted by molar-refractivity contribution is -0.141. The monoisotopic (exact) mass is 295 g/mol. The Balaban J connectivity index is 2.09. The Bertz CT molecular complexity index is 395. The van der Waals surface area contributed by atoms with Crippen LogP contribution in [0.15, 0.2) is 5.16 Å². The first kappa shape index (κ1) is 14.5. The second-order valence-electron chi connectivity index (χ2n) is 4.36. The van der Waals surface area contributed by atoms with Crippen LogP contribution in [-0.4, -0.2) is 48.5 Å². The number of oxime groups is 1. The zero-order chi connectivity index (χ0) is 14.1. The molecule has 0 radical (unpaired) electrons. The van der Waals surface area contributed by atoms with Crippen molar-refractivity contribution in [1.82, 2.24) is 0 Å². The Hall–Kier alpha value is -0.920. The Morgan fingerprint density at radius 1 is 1.53 bits per heavy atom. The van der Waals surface area contributed by atoms with Crippen LogP contribution in [0.3, 0.4) is 0 Å². The highest BCUT2D eigenvalue weighted by Crippen LogP contribution is 2.47. The van der Waals surface area contributed by atoms with E-state index in [2.05, 4.69) is 5.16 Å². The first-order valence-corrected chi connectivity index (χ1v) is 6.34. The highest BCUT2D eigenvalue weighted by molar-refractivity contribution is 6.39. The predicted molar refractivity (Wildman–Crippen MR) is 63.6 cm³/mol. The van der Waals surface area contributed by atoms with Gasteiger partial charge in [-0.05, 0) is 13.8 Å². The van der Waals surface area contributed by atoms with Crippen LogP contribution >= 0.6 is 11.6 Å². The summed E-state index contributed by atoms with van der Waals surface area (Å²) in [6, 6.07) is 0. The molecule has 2 unspecified atom stereocenters. The van der Waals surface area contributed by atoms with Crippen molar-refractivity contribution in [2.24, 2.45) is 5.16 Å². The number of carbonyl (C=O) groups is 1. The summed E-state index contributed by atoms with van der Waals surface area (Å²) in [5, 5.41) is 1.71. The molecule has 0 bridgehead atoms. The van der Waals surface area contributed by atoms with Crippen LogP contribution in [0.4, 0.5) is 4.39 Å². The van der Waals surface area contributed by atoms with Crippen molar-refractivity contribution in [2.75, 3.05) is 19.8 Å². The third kappa shape index (κ3) is 3.16. The number of alkyl halides is 2. The molecule has 2 atom stereocenters. The fourth-order valence-corrected chi connectivity index (χ4v) is 1.76. The van der Waals surface area contributed by atoms with Gasteiger partial charge in [0.05, 0.1) is 19.8 Å². The second-order valence-corrected chi connectivity index (χ2v) is 4.99. The van der Waals surface area contributed by atoms with E-state index in [0.29, 0.717) is 13.2 Å². The lowest BCUT2D eigenvalue weighted by Crippen LogP contribution is -2.42. The summed E-state index contributed by atoms with van der Waals surface area (Å²) in [6.07, 6.45) is -0.851. The van der Waals surface area contributed by atoms with Crippen LogP contribution in [-0.2, 0) is 23.8 Å². The van der Waals surface area contributed by atoms with Gasteiger partial charge in [-0.25, -0.2) is 9.18 Å². The third-order valence-corrected chi connectivity index (χ3v) is 3.17. The van der Waals surface area contributed by atoms with Gasteiger partial charge in [-0.15, -0.1) is 0 Å². The van der Waals surface area contributed by atoms with Gasteiger partial charge in [-0.1, -0.05) is 16.8 Å². The van der Waals surface area contributed by atoms with Crippen molar-refractivity contribution in [3.63, 3.8) is 0 Å². The van der Waals surface area contributed by atoms with Gasteiger partial charge in [-0.2, -0.15) is 0 Å². The number of ether oxygens (including phenoxy) is 3. The molecule has 0 amide bonds. The van der Waals surface area contributed by atoms with Gasteiger partial charge in [0.25, 0.3) is 0 Å². The third-order valence-electron chi connectivity index (χ3n) is 2.78. The zero-order valence-electron chi connectivity index (χ0n) is 10.7. The number of nitrogens with zero attached hydrogens (tertiary/aromatic N) is 1. The Morgan fingerprint density at radius 3 is 2.58 bits per heavy atom. The van der Waals surface area contributed by atoms with Crippen molar-refractivity contribution in [2.45, 2.75) is 37.3 Å². The number of carbonyl (C=O) groups excluding carboxylic acids is 1. The summed E-state index contributed by atoms with van der Waals surface area (Å²) in [6.45, 7) is 3.98. The van der Waals surface area contributed by atoms with E-state index in [0.717, 1.165) is 0 Å². The summed E-state index contributed by atoms with van der Waals surface area (Å²) >= 11 is 5.39. The molecule has 1 aliphatic heterocycles. The second kappa shape index (κ2) is 5.22. The van der Waals surface area contributed by atoms with Crippen molar-refractivity contribution in [3.05, 3.63) is 0 Å². The summed E-state index contributed by atoms with van der Waals surface area (Å²) in [7, 11) is 0. The topological polar surface area (TPSA) is 66.4 Å². The van der Waals surface area contributed by atoms with Crippen molar-refractivity contribution >= 4 is 23.3 Å². The van der Waals surface area contributed by atoms with E-state index >= 15 is 0 Å². The molecule has 2 rings (SSSR count). The molecule has 6 nitrogen and oxygen atoms in total. The fourth-order valence-electron chi connectivity index (χ4n) is 1.58. The van der Waals surface area contributed by atoms with Crippen LogP contribution in [0, 0.1) is 0 Å². The molecule has 0 aromatic rings. The molecule has 0 N–H and O–H groups in total. The molecule has 1 saturated heterocycles. The summed E-state index contributed by atoms with van der Waals surface area (Å²) in [5.41, 5.74) is -0.189. The van der Waals surface area contributed by atoms with Gasteiger partial charge in [0, 0.05) is 6.42 Å². The molecule has 0 aromatic carbocycles. The lowest BCUT2D eigenvalue weighted by atomic mass is 10.2. The maximum Gasteiger partial charge on any atom is 0.361 e. The molecule has 1 saturated carbocycles. The Morgan fingerprint density at radius 2 is 2.11 bits per heavy atom. The smallest absolute Gasteiger partial charge is 0.361 e. The van der Waals surface area contributed by atoms with Crippen molar-refractivity contribution in [3.8, 4) is 0 Å². The SMILES string of the molecule is CCOC(=O)C(=NOC1CC1(F)Cl)C1(C)OCCO1. The quantitative estimate of drug-likeness (QED) is 0.332. The summed E-state index contributed by atoms with van der Waals surface area (Å²) in [4.78, 5) is 16.7. The van der Waals surface area contributed by atoms with Gasteiger partial charge in [0.15, 0.2) is 6.10 Å². The van der Waals surface area contributed by atoms with Crippen molar-refractivity contribution in [1.29, 1.82) is 0 Å². The summed E-state index contributed by atoms with van der Waals surface area (Å²) in [5.74, 6) is -2.07. The average Bonchev–Trinajstić information content (AvgIpc) is 2.72. The normalized spacial score (nSPS) is 33.1. The number of rotatable bonds is 5. The molecule has 2 fully saturated rings. The van der Waals surface area contributed by atoms with Gasteiger partial charge < -0.3 is 19.0 Å². The fraction of sp³-hybridized carbons (Fsp3) is 0.818. The minimum Gasteiger partial charge on any atom is -0.461 e. The Labute approximate surface area is 114 Å². The molecule has 19 heavy (non-hydrogen) atoms. The van der Waals surface area contributed by atoms with E-state index in [-0.39, 0.29) is 18.7 Å². The maximum absolute atomic E-state index is 13.1. The van der Waals surface area contributed by atoms with E-state index in [4.69, 9.17) is 30.6 Å². The number of hydrogen-bond acceptors (Lipinski definition) is 6. The van der Waals surface area contributed by atoms with Crippen LogP contribution in [0.25, 0.3) is 0 Å². The molecule has 0 aromatic heterocycles. The first-order chi connectivity index (χ1) is 8.89. The average molecular weight is 296 g/mol. The standard InChI is InChI=1S/C11H15ClFNO5/c1-3-16-9(15)8(10(2)17-4-5-18-10)14-19-7-6-11(7,12)13/h7H,3-6H2,1-2H3. The van der Waals surface area contributed by atoms with Gasteiger partial charge >= 0.3 is 5.97 Å². The molecule has 1 aliphatic carbocycles. The van der Waals surface area contributed by atoms with E-state index in [1.165, 1.54) is 6.92 Å². The minimum absolute atomic E-state index is 0.0204. The van der Waals surface area contributed by atoms with Crippen LogP contribution in [0.2, 0.25) is 0 Å². The van der Waals surface area contributed by atoms with Crippen molar-refractivity contribution < 1.29 is 28.2 Å². The number of halogens is 2. The molecule has 0 spiro atoms. The minimum atomic E-state index is -1.92.